The fraction of sp³-hybridized carbons (Fsp3) is 0.462. The number of hydrogen-bond acceptors (Lipinski definition) is 3. The van der Waals surface area contributed by atoms with E-state index in [9.17, 15) is 4.79 Å². The lowest BCUT2D eigenvalue weighted by molar-refractivity contribution is -0.115. The zero-order chi connectivity index (χ0) is 12.7. The Kier molecular flexibility index (Phi) is 8.16. The minimum absolute atomic E-state index is 0. The summed E-state index contributed by atoms with van der Waals surface area (Å²) in [6, 6.07) is 7.42. The fourth-order valence-electron chi connectivity index (χ4n) is 1.29. The van der Waals surface area contributed by atoms with E-state index in [1.807, 2.05) is 24.3 Å². The molecule has 0 aliphatic heterocycles. The Hall–Kier alpha value is -1.26. The van der Waals surface area contributed by atoms with Gasteiger partial charge in [-0.05, 0) is 25.1 Å². The Morgan fingerprint density at radius 3 is 2.72 bits per heavy atom. The van der Waals surface area contributed by atoms with Gasteiger partial charge in [0.25, 0.3) is 0 Å². The molecule has 1 aromatic carbocycles. The molecule has 4 nitrogen and oxygen atoms in total. The molecule has 5 heteroatoms. The molecular weight excluding hydrogens is 252 g/mol. The number of carbonyl (C=O) groups excluding carboxylic acids is 1. The summed E-state index contributed by atoms with van der Waals surface area (Å²) in [7, 11) is 1.74. The summed E-state index contributed by atoms with van der Waals surface area (Å²) >= 11 is 0. The van der Waals surface area contributed by atoms with Gasteiger partial charge in [-0.15, -0.1) is 12.4 Å². The van der Waals surface area contributed by atoms with E-state index in [1.54, 1.807) is 7.05 Å². The molecule has 0 saturated heterocycles. The molecule has 0 bridgehead atoms. The van der Waals surface area contributed by atoms with Crippen molar-refractivity contribution in [3.05, 3.63) is 24.3 Å². The smallest absolute Gasteiger partial charge is 0.238 e. The van der Waals surface area contributed by atoms with Gasteiger partial charge < -0.3 is 15.4 Å². The van der Waals surface area contributed by atoms with Crippen molar-refractivity contribution in [2.45, 2.75) is 13.8 Å². The maximum Gasteiger partial charge on any atom is 0.238 e. The van der Waals surface area contributed by atoms with Gasteiger partial charge in [-0.25, -0.2) is 0 Å². The van der Waals surface area contributed by atoms with Crippen LogP contribution in [-0.2, 0) is 4.79 Å². The molecular formula is C13H21ClN2O2. The SMILES string of the molecule is CNCC(=O)Nc1cccc(OCC(C)C)c1.Cl. The van der Waals surface area contributed by atoms with Gasteiger partial charge in [0, 0.05) is 11.8 Å². The number of amides is 1. The quantitative estimate of drug-likeness (QED) is 0.835. The van der Waals surface area contributed by atoms with Crippen LogP contribution >= 0.6 is 12.4 Å². The number of ether oxygens (including phenoxy) is 1. The highest BCUT2D eigenvalue weighted by Gasteiger charge is 2.02. The van der Waals surface area contributed by atoms with E-state index < -0.39 is 0 Å². The predicted molar refractivity (Wildman–Crippen MR) is 76.6 cm³/mol. The fourth-order valence-corrected chi connectivity index (χ4v) is 1.29. The first-order valence-corrected chi connectivity index (χ1v) is 5.79. The molecule has 0 atom stereocenters. The van der Waals surface area contributed by atoms with Crippen LogP contribution in [0.2, 0.25) is 0 Å². The van der Waals surface area contributed by atoms with E-state index in [1.165, 1.54) is 0 Å². The number of halogens is 1. The first-order valence-electron chi connectivity index (χ1n) is 5.79. The van der Waals surface area contributed by atoms with Crippen molar-refractivity contribution in [3.63, 3.8) is 0 Å². The molecule has 0 aliphatic carbocycles. The monoisotopic (exact) mass is 272 g/mol. The van der Waals surface area contributed by atoms with Gasteiger partial charge >= 0.3 is 0 Å². The summed E-state index contributed by atoms with van der Waals surface area (Å²) in [6.45, 7) is 5.17. The zero-order valence-corrected chi connectivity index (χ0v) is 11.8. The lowest BCUT2D eigenvalue weighted by Crippen LogP contribution is -2.25. The number of likely N-dealkylation sites (N-methyl/N-ethyl adjacent to an activating group) is 1. The molecule has 0 fully saturated rings. The molecule has 2 N–H and O–H groups in total. The minimum Gasteiger partial charge on any atom is -0.493 e. The highest BCUT2D eigenvalue weighted by Crippen LogP contribution is 2.17. The van der Waals surface area contributed by atoms with Gasteiger partial charge in [-0.2, -0.15) is 0 Å². The van der Waals surface area contributed by atoms with Crippen LogP contribution < -0.4 is 15.4 Å². The normalized spacial score (nSPS) is 9.78. The third-order valence-electron chi connectivity index (χ3n) is 2.04. The van der Waals surface area contributed by atoms with E-state index >= 15 is 0 Å². The van der Waals surface area contributed by atoms with Crippen LogP contribution in [-0.4, -0.2) is 26.1 Å². The summed E-state index contributed by atoms with van der Waals surface area (Å²) in [5.74, 6) is 1.20. The van der Waals surface area contributed by atoms with Crippen molar-refractivity contribution in [3.8, 4) is 5.75 Å². The molecule has 0 aromatic heterocycles. The van der Waals surface area contributed by atoms with Crippen molar-refractivity contribution >= 4 is 24.0 Å². The maximum atomic E-state index is 11.4. The maximum absolute atomic E-state index is 11.4. The van der Waals surface area contributed by atoms with Crippen LogP contribution in [0.3, 0.4) is 0 Å². The predicted octanol–water partition coefficient (Wildman–Crippen LogP) is 2.30. The number of carbonyl (C=O) groups is 1. The molecule has 0 aliphatic rings. The van der Waals surface area contributed by atoms with Crippen molar-refractivity contribution in [2.24, 2.45) is 5.92 Å². The average molecular weight is 273 g/mol. The Morgan fingerprint density at radius 1 is 1.39 bits per heavy atom. The first-order chi connectivity index (χ1) is 8.11. The molecule has 0 saturated carbocycles. The number of benzene rings is 1. The average Bonchev–Trinajstić information content (AvgIpc) is 2.27. The Morgan fingerprint density at radius 2 is 2.11 bits per heavy atom. The standard InChI is InChI=1S/C13H20N2O2.ClH/c1-10(2)9-17-12-6-4-5-11(7-12)15-13(16)8-14-3;/h4-7,10,14H,8-9H2,1-3H3,(H,15,16);1H. The van der Waals surface area contributed by atoms with Crippen LogP contribution in [0.25, 0.3) is 0 Å². The van der Waals surface area contributed by atoms with Crippen molar-refractivity contribution in [1.82, 2.24) is 5.32 Å². The Balaban J connectivity index is 0.00000289. The lowest BCUT2D eigenvalue weighted by atomic mass is 10.2. The summed E-state index contributed by atoms with van der Waals surface area (Å²) in [5.41, 5.74) is 0.756. The topological polar surface area (TPSA) is 50.4 Å². The van der Waals surface area contributed by atoms with Crippen LogP contribution in [0.4, 0.5) is 5.69 Å². The molecule has 102 valence electrons. The van der Waals surface area contributed by atoms with Gasteiger partial charge in [0.05, 0.1) is 13.2 Å². The number of hydrogen-bond donors (Lipinski definition) is 2. The zero-order valence-electron chi connectivity index (χ0n) is 11.0. The molecule has 0 heterocycles. The minimum atomic E-state index is -0.0616. The largest absolute Gasteiger partial charge is 0.493 e. The molecule has 1 aromatic rings. The molecule has 0 unspecified atom stereocenters. The number of nitrogens with one attached hydrogen (secondary N) is 2. The van der Waals surface area contributed by atoms with Crippen LogP contribution in [0.1, 0.15) is 13.8 Å². The van der Waals surface area contributed by atoms with Crippen LogP contribution in [0.15, 0.2) is 24.3 Å². The van der Waals surface area contributed by atoms with Gasteiger partial charge in [-0.3, -0.25) is 4.79 Å². The van der Waals surface area contributed by atoms with E-state index in [4.69, 9.17) is 4.74 Å². The third kappa shape index (κ3) is 6.47. The molecule has 0 radical (unpaired) electrons. The highest BCUT2D eigenvalue weighted by atomic mass is 35.5. The van der Waals surface area contributed by atoms with Crippen molar-refractivity contribution < 1.29 is 9.53 Å². The Bertz CT molecular complexity index is 370. The molecule has 0 spiro atoms. The second-order valence-electron chi connectivity index (χ2n) is 4.31. The van der Waals surface area contributed by atoms with E-state index in [0.717, 1.165) is 11.4 Å². The number of anilines is 1. The van der Waals surface area contributed by atoms with E-state index in [0.29, 0.717) is 19.1 Å². The lowest BCUT2D eigenvalue weighted by Gasteiger charge is -2.10. The highest BCUT2D eigenvalue weighted by molar-refractivity contribution is 5.92. The molecule has 1 amide bonds. The Labute approximate surface area is 115 Å². The molecule has 1 rings (SSSR count). The second-order valence-corrected chi connectivity index (χ2v) is 4.31. The number of rotatable bonds is 6. The van der Waals surface area contributed by atoms with Crippen molar-refractivity contribution in [2.75, 3.05) is 25.5 Å². The van der Waals surface area contributed by atoms with E-state index in [-0.39, 0.29) is 18.3 Å². The van der Waals surface area contributed by atoms with E-state index in [2.05, 4.69) is 24.5 Å². The third-order valence-corrected chi connectivity index (χ3v) is 2.04. The molecule has 18 heavy (non-hydrogen) atoms. The first kappa shape index (κ1) is 16.7. The van der Waals surface area contributed by atoms with Crippen LogP contribution in [0, 0.1) is 5.92 Å². The van der Waals surface area contributed by atoms with Gasteiger partial charge in [0.15, 0.2) is 0 Å². The summed E-state index contributed by atoms with van der Waals surface area (Å²) in [5, 5.41) is 5.59. The second kappa shape index (κ2) is 8.78. The van der Waals surface area contributed by atoms with Crippen molar-refractivity contribution in [1.29, 1.82) is 0 Å². The van der Waals surface area contributed by atoms with Gasteiger partial charge in [-0.1, -0.05) is 19.9 Å². The van der Waals surface area contributed by atoms with Crippen LogP contribution in [0.5, 0.6) is 5.75 Å². The van der Waals surface area contributed by atoms with Gasteiger partial charge in [0.1, 0.15) is 5.75 Å². The summed E-state index contributed by atoms with van der Waals surface area (Å²) in [4.78, 5) is 11.4. The summed E-state index contributed by atoms with van der Waals surface area (Å²) in [6.07, 6.45) is 0. The van der Waals surface area contributed by atoms with Gasteiger partial charge in [0.2, 0.25) is 5.91 Å². The summed E-state index contributed by atoms with van der Waals surface area (Å²) < 4.78 is 5.58.